The first kappa shape index (κ1) is 12.9. The summed E-state index contributed by atoms with van der Waals surface area (Å²) in [6, 6.07) is 0. The van der Waals surface area contributed by atoms with E-state index in [2.05, 4.69) is 0 Å². The molecule has 0 aromatic rings. The average molecular weight is 220 g/mol. The lowest BCUT2D eigenvalue weighted by molar-refractivity contribution is -0.0704. The molecule has 1 rings (SSSR count). The fourth-order valence-electron chi connectivity index (χ4n) is 1.49. The summed E-state index contributed by atoms with van der Waals surface area (Å²) in [7, 11) is 0. The molecule has 5 heteroatoms. The van der Waals surface area contributed by atoms with Gasteiger partial charge in [0, 0.05) is 0 Å². The summed E-state index contributed by atoms with van der Waals surface area (Å²) in [5, 5.41) is 27.9. The van der Waals surface area contributed by atoms with E-state index in [4.69, 9.17) is 14.6 Å². The standard InChI is InChI=1S/C10H20O5/c1-3-6(2)14-5-8-10(13)9(12)7(4-11)15-8/h6-13H,3-5H2,1-2H3/t6?,7-,8+,9-,10-/m1/s1. The minimum atomic E-state index is -1.03. The van der Waals surface area contributed by atoms with E-state index >= 15 is 0 Å². The third-order valence-corrected chi connectivity index (χ3v) is 2.76. The van der Waals surface area contributed by atoms with Gasteiger partial charge in [-0.25, -0.2) is 0 Å². The molecule has 0 aromatic heterocycles. The number of aliphatic hydroxyl groups excluding tert-OH is 3. The van der Waals surface area contributed by atoms with Crippen LogP contribution in [-0.4, -0.2) is 59.1 Å². The van der Waals surface area contributed by atoms with E-state index in [9.17, 15) is 10.2 Å². The van der Waals surface area contributed by atoms with Crippen molar-refractivity contribution in [2.24, 2.45) is 0 Å². The molecule has 1 saturated heterocycles. The summed E-state index contributed by atoms with van der Waals surface area (Å²) >= 11 is 0. The van der Waals surface area contributed by atoms with Crippen molar-refractivity contribution in [3.05, 3.63) is 0 Å². The van der Waals surface area contributed by atoms with Crippen LogP contribution < -0.4 is 0 Å². The topological polar surface area (TPSA) is 79.2 Å². The Morgan fingerprint density at radius 3 is 2.33 bits per heavy atom. The summed E-state index contributed by atoms with van der Waals surface area (Å²) < 4.78 is 10.7. The van der Waals surface area contributed by atoms with Crippen LogP contribution in [0.5, 0.6) is 0 Å². The molecule has 1 aliphatic heterocycles. The molecule has 5 nitrogen and oxygen atoms in total. The molecule has 1 unspecified atom stereocenters. The van der Waals surface area contributed by atoms with E-state index < -0.39 is 24.4 Å². The normalized spacial score (nSPS) is 38.2. The second-order valence-corrected chi connectivity index (χ2v) is 3.93. The summed E-state index contributed by atoms with van der Waals surface area (Å²) in [5.41, 5.74) is 0. The maximum atomic E-state index is 9.58. The zero-order valence-electron chi connectivity index (χ0n) is 9.17. The van der Waals surface area contributed by atoms with Crippen molar-refractivity contribution >= 4 is 0 Å². The predicted molar refractivity (Wildman–Crippen MR) is 53.5 cm³/mol. The Balaban J connectivity index is 2.37. The average Bonchev–Trinajstić information content (AvgIpc) is 2.52. The summed E-state index contributed by atoms with van der Waals surface area (Å²) in [6.07, 6.45) is -2.27. The van der Waals surface area contributed by atoms with Crippen LogP contribution in [0, 0.1) is 0 Å². The third kappa shape index (κ3) is 3.12. The Kier molecular flexibility index (Phi) is 4.95. The highest BCUT2D eigenvalue weighted by Crippen LogP contribution is 2.21. The molecule has 0 bridgehead atoms. The van der Waals surface area contributed by atoms with Crippen LogP contribution in [0.15, 0.2) is 0 Å². The molecular weight excluding hydrogens is 200 g/mol. The fraction of sp³-hybridized carbons (Fsp3) is 1.00. The van der Waals surface area contributed by atoms with Crippen LogP contribution in [0.25, 0.3) is 0 Å². The van der Waals surface area contributed by atoms with Crippen LogP contribution >= 0.6 is 0 Å². The molecule has 1 heterocycles. The smallest absolute Gasteiger partial charge is 0.111 e. The van der Waals surface area contributed by atoms with Crippen molar-refractivity contribution in [3.63, 3.8) is 0 Å². The van der Waals surface area contributed by atoms with Gasteiger partial charge in [0.05, 0.1) is 19.3 Å². The lowest BCUT2D eigenvalue weighted by atomic mass is 10.1. The van der Waals surface area contributed by atoms with E-state index in [1.165, 1.54) is 0 Å². The van der Waals surface area contributed by atoms with E-state index in [0.717, 1.165) is 6.42 Å². The first-order valence-electron chi connectivity index (χ1n) is 5.34. The van der Waals surface area contributed by atoms with E-state index in [1.54, 1.807) is 0 Å². The highest BCUT2D eigenvalue weighted by molar-refractivity contribution is 4.90. The van der Waals surface area contributed by atoms with Gasteiger partial charge in [0.2, 0.25) is 0 Å². The Morgan fingerprint density at radius 2 is 1.87 bits per heavy atom. The van der Waals surface area contributed by atoms with Gasteiger partial charge in [-0.1, -0.05) is 6.92 Å². The zero-order chi connectivity index (χ0) is 11.4. The van der Waals surface area contributed by atoms with Gasteiger partial charge in [0.1, 0.15) is 24.4 Å². The van der Waals surface area contributed by atoms with Gasteiger partial charge in [-0.2, -0.15) is 0 Å². The van der Waals surface area contributed by atoms with Crippen molar-refractivity contribution in [1.29, 1.82) is 0 Å². The Hall–Kier alpha value is -0.200. The van der Waals surface area contributed by atoms with Crippen LogP contribution in [0.2, 0.25) is 0 Å². The summed E-state index contributed by atoms with van der Waals surface area (Å²) in [4.78, 5) is 0. The van der Waals surface area contributed by atoms with Gasteiger partial charge in [0.15, 0.2) is 0 Å². The lowest BCUT2D eigenvalue weighted by Gasteiger charge is -2.17. The molecule has 0 aliphatic carbocycles. The van der Waals surface area contributed by atoms with Crippen molar-refractivity contribution in [2.45, 2.75) is 50.8 Å². The molecule has 5 atom stereocenters. The quantitative estimate of drug-likeness (QED) is 0.570. The summed E-state index contributed by atoms with van der Waals surface area (Å²) in [6.45, 7) is 3.88. The molecule has 0 aromatic carbocycles. The number of rotatable bonds is 5. The molecular formula is C10H20O5. The first-order valence-corrected chi connectivity index (χ1v) is 5.34. The maximum Gasteiger partial charge on any atom is 0.111 e. The van der Waals surface area contributed by atoms with E-state index in [-0.39, 0.29) is 19.3 Å². The molecule has 0 amide bonds. The van der Waals surface area contributed by atoms with Gasteiger partial charge in [-0.15, -0.1) is 0 Å². The van der Waals surface area contributed by atoms with Gasteiger partial charge < -0.3 is 24.8 Å². The van der Waals surface area contributed by atoms with Gasteiger partial charge in [-0.3, -0.25) is 0 Å². The molecule has 0 saturated carbocycles. The van der Waals surface area contributed by atoms with Crippen LogP contribution in [-0.2, 0) is 9.47 Å². The van der Waals surface area contributed by atoms with Crippen molar-refractivity contribution in [1.82, 2.24) is 0 Å². The second kappa shape index (κ2) is 5.77. The van der Waals surface area contributed by atoms with Crippen LogP contribution in [0.1, 0.15) is 20.3 Å². The van der Waals surface area contributed by atoms with Crippen LogP contribution in [0.4, 0.5) is 0 Å². The van der Waals surface area contributed by atoms with Crippen molar-refractivity contribution < 1.29 is 24.8 Å². The molecule has 90 valence electrons. The van der Waals surface area contributed by atoms with Gasteiger partial charge in [-0.05, 0) is 13.3 Å². The van der Waals surface area contributed by atoms with Crippen molar-refractivity contribution in [3.8, 4) is 0 Å². The Bertz CT molecular complexity index is 187. The molecule has 15 heavy (non-hydrogen) atoms. The number of hydrogen-bond donors (Lipinski definition) is 3. The first-order chi connectivity index (χ1) is 7.10. The molecule has 3 N–H and O–H groups in total. The number of hydrogen-bond acceptors (Lipinski definition) is 5. The monoisotopic (exact) mass is 220 g/mol. The molecule has 0 spiro atoms. The minimum Gasteiger partial charge on any atom is -0.394 e. The number of aliphatic hydroxyl groups is 3. The Labute approximate surface area is 89.6 Å². The predicted octanol–water partition coefficient (Wildman–Crippen LogP) is -0.717. The van der Waals surface area contributed by atoms with E-state index in [1.807, 2.05) is 13.8 Å². The largest absolute Gasteiger partial charge is 0.394 e. The SMILES string of the molecule is CCC(C)OC[C@@H]1O[C@H](CO)[C@@H](O)[C@@H]1O. The fourth-order valence-corrected chi connectivity index (χ4v) is 1.49. The molecule has 0 radical (unpaired) electrons. The minimum absolute atomic E-state index is 0.103. The summed E-state index contributed by atoms with van der Waals surface area (Å²) in [5.74, 6) is 0. The lowest BCUT2D eigenvalue weighted by Crippen LogP contribution is -2.35. The van der Waals surface area contributed by atoms with Gasteiger partial charge >= 0.3 is 0 Å². The van der Waals surface area contributed by atoms with E-state index in [0.29, 0.717) is 0 Å². The van der Waals surface area contributed by atoms with Crippen LogP contribution in [0.3, 0.4) is 0 Å². The highest BCUT2D eigenvalue weighted by atomic mass is 16.6. The Morgan fingerprint density at radius 1 is 1.27 bits per heavy atom. The number of ether oxygens (including phenoxy) is 2. The third-order valence-electron chi connectivity index (χ3n) is 2.76. The second-order valence-electron chi connectivity index (χ2n) is 3.93. The zero-order valence-corrected chi connectivity index (χ0v) is 9.17. The van der Waals surface area contributed by atoms with Crippen molar-refractivity contribution in [2.75, 3.05) is 13.2 Å². The maximum absolute atomic E-state index is 9.58. The molecule has 1 fully saturated rings. The highest BCUT2D eigenvalue weighted by Gasteiger charge is 2.42. The molecule has 1 aliphatic rings. The van der Waals surface area contributed by atoms with Gasteiger partial charge in [0.25, 0.3) is 0 Å².